The number of aromatic amines is 1. The van der Waals surface area contributed by atoms with Crippen LogP contribution in [0.5, 0.6) is 0 Å². The van der Waals surface area contributed by atoms with Gasteiger partial charge in [-0.25, -0.2) is 9.37 Å². The third-order valence-corrected chi connectivity index (χ3v) is 5.51. The summed E-state index contributed by atoms with van der Waals surface area (Å²) in [6, 6.07) is 9.71. The molecule has 0 bridgehead atoms. The van der Waals surface area contributed by atoms with Crippen LogP contribution in [0.1, 0.15) is 0 Å². The lowest BCUT2D eigenvalue weighted by Crippen LogP contribution is -2.44. The van der Waals surface area contributed by atoms with Gasteiger partial charge in [0.15, 0.2) is 5.82 Å². The number of hydrogen-bond donors (Lipinski definition) is 3. The van der Waals surface area contributed by atoms with Gasteiger partial charge >= 0.3 is 0 Å². The van der Waals surface area contributed by atoms with Gasteiger partial charge in [0.05, 0.1) is 11.2 Å². The summed E-state index contributed by atoms with van der Waals surface area (Å²) in [5.41, 5.74) is 7.54. The van der Waals surface area contributed by atoms with Gasteiger partial charge in [0.2, 0.25) is 17.5 Å². The van der Waals surface area contributed by atoms with E-state index in [4.69, 9.17) is 5.73 Å². The van der Waals surface area contributed by atoms with Gasteiger partial charge in [-0.2, -0.15) is 9.67 Å². The normalized spacial score (nSPS) is 14.8. The minimum absolute atomic E-state index is 0.105. The number of nitrogens with one attached hydrogen (secondary N) is 2. The summed E-state index contributed by atoms with van der Waals surface area (Å²) in [4.78, 5) is 27.2. The van der Waals surface area contributed by atoms with E-state index in [0.717, 1.165) is 26.2 Å². The summed E-state index contributed by atoms with van der Waals surface area (Å²) >= 11 is 0. The summed E-state index contributed by atoms with van der Waals surface area (Å²) < 4.78 is 16.2. The molecule has 0 amide bonds. The number of nitrogen functional groups attached to an aromatic ring is 1. The third kappa shape index (κ3) is 3.73. The molecular formula is C21H22FN9O. The molecule has 0 spiro atoms. The van der Waals surface area contributed by atoms with Crippen molar-refractivity contribution in [2.45, 2.75) is 0 Å². The molecule has 4 N–H and O–H groups in total. The molecule has 1 aromatic carbocycles. The minimum atomic E-state index is -0.313. The Balaban J connectivity index is 1.41. The molecule has 0 aliphatic carbocycles. The highest BCUT2D eigenvalue weighted by Crippen LogP contribution is 2.26. The molecule has 4 aromatic rings. The van der Waals surface area contributed by atoms with Crippen LogP contribution in [0.2, 0.25) is 0 Å². The molecule has 1 aliphatic heterocycles. The number of piperazine rings is 1. The van der Waals surface area contributed by atoms with E-state index < -0.39 is 0 Å². The second kappa shape index (κ2) is 7.93. The van der Waals surface area contributed by atoms with Crippen molar-refractivity contribution in [1.82, 2.24) is 29.6 Å². The van der Waals surface area contributed by atoms with Crippen LogP contribution >= 0.6 is 0 Å². The molecule has 0 saturated carbocycles. The van der Waals surface area contributed by atoms with E-state index in [9.17, 15) is 9.18 Å². The topological polar surface area (TPSA) is 121 Å². The van der Waals surface area contributed by atoms with Crippen molar-refractivity contribution in [2.24, 2.45) is 0 Å². The summed E-state index contributed by atoms with van der Waals surface area (Å²) in [6.45, 7) is 3.37. The molecule has 11 heteroatoms. The number of likely N-dealkylation sites (N-methyl/N-ethyl adjacent to an activating group) is 1. The molecular weight excluding hydrogens is 413 g/mol. The summed E-state index contributed by atoms with van der Waals surface area (Å²) in [7, 11) is 2.06. The molecule has 32 heavy (non-hydrogen) atoms. The van der Waals surface area contributed by atoms with E-state index in [-0.39, 0.29) is 23.3 Å². The average Bonchev–Trinajstić information content (AvgIpc) is 3.13. The Morgan fingerprint density at radius 3 is 2.72 bits per heavy atom. The molecule has 1 aliphatic rings. The minimum Gasteiger partial charge on any atom is -0.368 e. The maximum Gasteiger partial charge on any atom is 0.248 e. The Morgan fingerprint density at radius 2 is 1.94 bits per heavy atom. The van der Waals surface area contributed by atoms with Gasteiger partial charge in [-0.3, -0.25) is 4.79 Å². The number of fused-ring (bicyclic) bond motifs is 1. The molecule has 0 radical (unpaired) electrons. The monoisotopic (exact) mass is 435 g/mol. The first-order chi connectivity index (χ1) is 15.5. The average molecular weight is 435 g/mol. The van der Waals surface area contributed by atoms with Crippen LogP contribution in [0.15, 0.2) is 47.4 Å². The van der Waals surface area contributed by atoms with Gasteiger partial charge in [-0.05, 0) is 37.4 Å². The van der Waals surface area contributed by atoms with Crippen LogP contribution < -0.4 is 21.5 Å². The molecule has 1 saturated heterocycles. The fourth-order valence-electron chi connectivity index (χ4n) is 3.79. The molecule has 0 unspecified atom stereocenters. The predicted octanol–water partition coefficient (Wildman–Crippen LogP) is 1.72. The lowest BCUT2D eigenvalue weighted by molar-refractivity contribution is 0.311. The van der Waals surface area contributed by atoms with E-state index >= 15 is 0 Å². The first-order valence-electron chi connectivity index (χ1n) is 10.2. The highest BCUT2D eigenvalue weighted by Gasteiger charge is 2.18. The molecule has 4 heterocycles. The summed E-state index contributed by atoms with van der Waals surface area (Å²) in [6.07, 6.45) is 1.55. The fourth-order valence-corrected chi connectivity index (χ4v) is 3.79. The predicted molar refractivity (Wildman–Crippen MR) is 121 cm³/mol. The lowest BCUT2D eigenvalue weighted by Gasteiger charge is -2.34. The standard InChI is InChI=1S/C21H22FN9O/c1-29-8-10-30(11-9-29)17-4-2-13(12-15(17)22)25-21-27-20(23)31(28-21)19-14-3-5-18(32)26-16(14)6-7-24-19/h2-7,12H,8-11H2,1H3,(H,26,32)(H3,23,25,27,28). The molecule has 0 atom stereocenters. The van der Waals surface area contributed by atoms with Crippen molar-refractivity contribution in [1.29, 1.82) is 0 Å². The SMILES string of the molecule is CN1CCN(c2ccc(Nc3nc(N)n(-c4nccc5[nH]c(=O)ccc45)n3)cc2F)CC1. The molecule has 1 fully saturated rings. The number of pyridine rings is 2. The van der Waals surface area contributed by atoms with Gasteiger partial charge < -0.3 is 25.8 Å². The smallest absolute Gasteiger partial charge is 0.248 e. The first-order valence-corrected chi connectivity index (χ1v) is 10.2. The van der Waals surface area contributed by atoms with E-state index in [1.165, 1.54) is 16.8 Å². The van der Waals surface area contributed by atoms with Crippen LogP contribution in [0.4, 0.5) is 27.7 Å². The van der Waals surface area contributed by atoms with Crippen molar-refractivity contribution in [3.8, 4) is 5.82 Å². The molecule has 5 rings (SSSR count). The van der Waals surface area contributed by atoms with Gasteiger partial charge in [0.25, 0.3) is 0 Å². The van der Waals surface area contributed by atoms with Gasteiger partial charge in [-0.1, -0.05) is 0 Å². The number of nitrogens with zero attached hydrogens (tertiary/aromatic N) is 6. The number of rotatable bonds is 4. The number of hydrogen-bond acceptors (Lipinski definition) is 8. The summed E-state index contributed by atoms with van der Waals surface area (Å²) in [5.74, 6) is 0.422. The van der Waals surface area contributed by atoms with Gasteiger partial charge in [0, 0.05) is 49.5 Å². The van der Waals surface area contributed by atoms with E-state index in [2.05, 4.69) is 37.3 Å². The van der Waals surface area contributed by atoms with Crippen LogP contribution in [-0.4, -0.2) is 62.9 Å². The van der Waals surface area contributed by atoms with Crippen molar-refractivity contribution in [3.63, 3.8) is 0 Å². The number of benzene rings is 1. The van der Waals surface area contributed by atoms with Crippen molar-refractivity contribution in [3.05, 3.63) is 58.8 Å². The number of anilines is 4. The maximum absolute atomic E-state index is 14.8. The zero-order chi connectivity index (χ0) is 22.2. The second-order valence-electron chi connectivity index (χ2n) is 7.71. The highest BCUT2D eigenvalue weighted by molar-refractivity contribution is 5.85. The van der Waals surface area contributed by atoms with Gasteiger partial charge in [0.1, 0.15) is 5.82 Å². The Hall–Kier alpha value is -3.99. The fraction of sp³-hybridized carbons (Fsp3) is 0.238. The van der Waals surface area contributed by atoms with Crippen molar-refractivity contribution < 1.29 is 4.39 Å². The number of halogens is 1. The number of H-pyrrole nitrogens is 1. The van der Waals surface area contributed by atoms with E-state index in [0.29, 0.717) is 28.1 Å². The van der Waals surface area contributed by atoms with Crippen molar-refractivity contribution >= 4 is 34.2 Å². The van der Waals surface area contributed by atoms with E-state index in [1.54, 1.807) is 30.5 Å². The zero-order valence-electron chi connectivity index (χ0n) is 17.4. The second-order valence-corrected chi connectivity index (χ2v) is 7.71. The Morgan fingerprint density at radius 1 is 1.12 bits per heavy atom. The summed E-state index contributed by atoms with van der Waals surface area (Å²) in [5, 5.41) is 8.03. The largest absolute Gasteiger partial charge is 0.368 e. The Bertz CT molecular complexity index is 1340. The van der Waals surface area contributed by atoms with Crippen LogP contribution in [0.3, 0.4) is 0 Å². The molecule has 164 valence electrons. The number of aromatic nitrogens is 5. The zero-order valence-corrected chi connectivity index (χ0v) is 17.4. The first kappa shape index (κ1) is 19.9. The van der Waals surface area contributed by atoms with Crippen molar-refractivity contribution in [2.75, 3.05) is 49.2 Å². The van der Waals surface area contributed by atoms with Gasteiger partial charge in [-0.15, -0.1) is 5.10 Å². The maximum atomic E-state index is 14.8. The lowest BCUT2D eigenvalue weighted by atomic mass is 10.2. The van der Waals surface area contributed by atoms with Crippen LogP contribution in [0.25, 0.3) is 16.7 Å². The highest BCUT2D eigenvalue weighted by atomic mass is 19.1. The van der Waals surface area contributed by atoms with Crippen LogP contribution in [-0.2, 0) is 0 Å². The molecule has 3 aromatic heterocycles. The Kier molecular flexibility index (Phi) is 4.94. The number of nitrogens with two attached hydrogens (primary N) is 1. The quantitative estimate of drug-likeness (QED) is 0.443. The van der Waals surface area contributed by atoms with Crippen LogP contribution in [0, 0.1) is 5.82 Å². The van der Waals surface area contributed by atoms with E-state index in [1.807, 2.05) is 4.90 Å². The molecule has 10 nitrogen and oxygen atoms in total. The Labute approximate surface area is 182 Å². The third-order valence-electron chi connectivity index (χ3n) is 5.51.